The van der Waals surface area contributed by atoms with Crippen molar-refractivity contribution in [1.82, 2.24) is 10.2 Å². The van der Waals surface area contributed by atoms with Crippen molar-refractivity contribution >= 4 is 35.0 Å². The molecule has 1 atom stereocenters. The molecule has 1 aliphatic rings. The predicted octanol–water partition coefficient (Wildman–Crippen LogP) is 1.12. The summed E-state index contributed by atoms with van der Waals surface area (Å²) in [5.74, 6) is -1.12. The summed E-state index contributed by atoms with van der Waals surface area (Å²) in [5.41, 5.74) is 0.709. The lowest BCUT2D eigenvalue weighted by molar-refractivity contribution is -0.123. The second-order valence-corrected chi connectivity index (χ2v) is 5.52. The van der Waals surface area contributed by atoms with Gasteiger partial charge in [0.15, 0.2) is 0 Å². The molecular formula is C14H16ClN3O3. The fourth-order valence-electron chi connectivity index (χ4n) is 2.07. The molecule has 3 amide bonds. The Hall–Kier alpha value is -2.08. The number of anilines is 1. The van der Waals surface area contributed by atoms with E-state index in [1.54, 1.807) is 26.2 Å². The van der Waals surface area contributed by atoms with Crippen LogP contribution in [0.15, 0.2) is 18.2 Å². The van der Waals surface area contributed by atoms with Crippen LogP contribution in [0.5, 0.6) is 0 Å². The molecule has 1 aromatic carbocycles. The molecule has 0 saturated carbocycles. The predicted molar refractivity (Wildman–Crippen MR) is 79.2 cm³/mol. The number of halogens is 1. The molecule has 1 aliphatic heterocycles. The first-order chi connectivity index (χ1) is 9.88. The van der Waals surface area contributed by atoms with Gasteiger partial charge in [-0.05, 0) is 18.2 Å². The standard InChI is InChI=1S/C14H16ClN3O3/c1-18(2)14(21)10-4-3-9(15)6-11(10)17-13(20)8-5-12(19)16-7-8/h3-4,6,8H,5,7H2,1-2H3,(H,16,19)(H,17,20). The van der Waals surface area contributed by atoms with Crippen LogP contribution in [-0.2, 0) is 9.59 Å². The fourth-order valence-corrected chi connectivity index (χ4v) is 2.24. The number of hydrogen-bond donors (Lipinski definition) is 2. The second kappa shape index (κ2) is 6.13. The van der Waals surface area contributed by atoms with Gasteiger partial charge in [0.2, 0.25) is 11.8 Å². The minimum Gasteiger partial charge on any atom is -0.355 e. The van der Waals surface area contributed by atoms with Gasteiger partial charge in [-0.1, -0.05) is 11.6 Å². The maximum Gasteiger partial charge on any atom is 0.255 e. The fraction of sp³-hybridized carbons (Fsp3) is 0.357. The molecule has 1 fully saturated rings. The van der Waals surface area contributed by atoms with Gasteiger partial charge >= 0.3 is 0 Å². The van der Waals surface area contributed by atoms with Gasteiger partial charge in [-0.15, -0.1) is 0 Å². The molecule has 7 heteroatoms. The monoisotopic (exact) mass is 309 g/mol. The van der Waals surface area contributed by atoms with Gasteiger partial charge in [-0.3, -0.25) is 14.4 Å². The van der Waals surface area contributed by atoms with E-state index < -0.39 is 5.92 Å². The Balaban J connectivity index is 2.22. The lowest BCUT2D eigenvalue weighted by Gasteiger charge is -2.16. The van der Waals surface area contributed by atoms with E-state index in [2.05, 4.69) is 10.6 Å². The molecule has 1 saturated heterocycles. The number of carbonyl (C=O) groups excluding carboxylic acids is 3. The Morgan fingerprint density at radius 2 is 2.10 bits per heavy atom. The molecule has 21 heavy (non-hydrogen) atoms. The number of rotatable bonds is 3. The summed E-state index contributed by atoms with van der Waals surface area (Å²) in [5, 5.41) is 5.71. The summed E-state index contributed by atoms with van der Waals surface area (Å²) < 4.78 is 0. The van der Waals surface area contributed by atoms with Crippen molar-refractivity contribution in [3.05, 3.63) is 28.8 Å². The Morgan fingerprint density at radius 1 is 1.38 bits per heavy atom. The van der Waals surface area contributed by atoms with Crippen LogP contribution in [0.4, 0.5) is 5.69 Å². The van der Waals surface area contributed by atoms with Gasteiger partial charge in [0, 0.05) is 32.1 Å². The quantitative estimate of drug-likeness (QED) is 0.878. The summed E-state index contributed by atoms with van der Waals surface area (Å²) in [6, 6.07) is 4.69. The van der Waals surface area contributed by atoms with E-state index in [0.717, 1.165) is 0 Å². The molecule has 0 aromatic heterocycles. The van der Waals surface area contributed by atoms with Crippen LogP contribution in [0.25, 0.3) is 0 Å². The average molecular weight is 310 g/mol. The smallest absolute Gasteiger partial charge is 0.255 e. The lowest BCUT2D eigenvalue weighted by Crippen LogP contribution is -2.27. The first kappa shape index (κ1) is 15.3. The third-order valence-electron chi connectivity index (χ3n) is 3.22. The van der Waals surface area contributed by atoms with Crippen molar-refractivity contribution < 1.29 is 14.4 Å². The zero-order chi connectivity index (χ0) is 15.6. The van der Waals surface area contributed by atoms with Gasteiger partial charge in [0.25, 0.3) is 5.91 Å². The Kier molecular flexibility index (Phi) is 4.47. The Labute approximate surface area is 127 Å². The van der Waals surface area contributed by atoms with Crippen molar-refractivity contribution in [3.63, 3.8) is 0 Å². The Morgan fingerprint density at radius 3 is 2.67 bits per heavy atom. The van der Waals surface area contributed by atoms with E-state index in [0.29, 0.717) is 22.8 Å². The zero-order valence-electron chi connectivity index (χ0n) is 11.8. The molecule has 2 N–H and O–H groups in total. The highest BCUT2D eigenvalue weighted by atomic mass is 35.5. The number of benzene rings is 1. The lowest BCUT2D eigenvalue weighted by atomic mass is 10.1. The summed E-state index contributed by atoms with van der Waals surface area (Å²) in [4.78, 5) is 36.8. The van der Waals surface area contributed by atoms with Gasteiger partial charge in [0.05, 0.1) is 17.2 Å². The van der Waals surface area contributed by atoms with E-state index in [4.69, 9.17) is 11.6 Å². The van der Waals surface area contributed by atoms with Gasteiger partial charge in [0.1, 0.15) is 0 Å². The van der Waals surface area contributed by atoms with Crippen molar-refractivity contribution in [2.24, 2.45) is 5.92 Å². The normalized spacial score (nSPS) is 17.3. The average Bonchev–Trinajstić information content (AvgIpc) is 2.85. The van der Waals surface area contributed by atoms with E-state index in [1.807, 2.05) is 0 Å². The zero-order valence-corrected chi connectivity index (χ0v) is 12.5. The number of amides is 3. The van der Waals surface area contributed by atoms with Crippen LogP contribution in [0.3, 0.4) is 0 Å². The van der Waals surface area contributed by atoms with Crippen molar-refractivity contribution in [3.8, 4) is 0 Å². The highest BCUT2D eigenvalue weighted by Gasteiger charge is 2.28. The van der Waals surface area contributed by atoms with Crippen LogP contribution >= 0.6 is 11.6 Å². The molecule has 2 rings (SSSR count). The molecular weight excluding hydrogens is 294 g/mol. The van der Waals surface area contributed by atoms with Crippen molar-refractivity contribution in [1.29, 1.82) is 0 Å². The summed E-state index contributed by atoms with van der Waals surface area (Å²) in [7, 11) is 3.25. The van der Waals surface area contributed by atoms with E-state index >= 15 is 0 Å². The van der Waals surface area contributed by atoms with E-state index in [9.17, 15) is 14.4 Å². The number of carbonyl (C=O) groups is 3. The van der Waals surface area contributed by atoms with E-state index in [-0.39, 0.29) is 24.1 Å². The van der Waals surface area contributed by atoms with Crippen LogP contribution in [0.2, 0.25) is 5.02 Å². The summed E-state index contributed by atoms with van der Waals surface area (Å²) in [6.45, 7) is 0.308. The molecule has 1 aromatic rings. The second-order valence-electron chi connectivity index (χ2n) is 5.08. The molecule has 0 bridgehead atoms. The maximum absolute atomic E-state index is 12.1. The molecule has 1 unspecified atom stereocenters. The van der Waals surface area contributed by atoms with Crippen LogP contribution < -0.4 is 10.6 Å². The van der Waals surface area contributed by atoms with Crippen LogP contribution in [0.1, 0.15) is 16.8 Å². The minimum absolute atomic E-state index is 0.147. The van der Waals surface area contributed by atoms with Gasteiger partial charge in [-0.2, -0.15) is 0 Å². The van der Waals surface area contributed by atoms with Crippen molar-refractivity contribution in [2.75, 3.05) is 26.0 Å². The SMILES string of the molecule is CN(C)C(=O)c1ccc(Cl)cc1NC(=O)C1CNC(=O)C1. The molecule has 0 aliphatic carbocycles. The summed E-state index contributed by atoms with van der Waals surface area (Å²) >= 11 is 5.92. The molecule has 0 spiro atoms. The first-order valence-electron chi connectivity index (χ1n) is 6.47. The van der Waals surface area contributed by atoms with Crippen LogP contribution in [-0.4, -0.2) is 43.3 Å². The highest BCUT2D eigenvalue weighted by Crippen LogP contribution is 2.23. The highest BCUT2D eigenvalue weighted by molar-refractivity contribution is 6.31. The summed E-state index contributed by atoms with van der Waals surface area (Å²) in [6.07, 6.45) is 0.156. The number of nitrogens with one attached hydrogen (secondary N) is 2. The molecule has 1 heterocycles. The topological polar surface area (TPSA) is 78.5 Å². The molecule has 6 nitrogen and oxygen atoms in total. The van der Waals surface area contributed by atoms with Crippen molar-refractivity contribution in [2.45, 2.75) is 6.42 Å². The van der Waals surface area contributed by atoms with E-state index in [1.165, 1.54) is 11.0 Å². The van der Waals surface area contributed by atoms with Crippen LogP contribution in [0, 0.1) is 5.92 Å². The van der Waals surface area contributed by atoms with Gasteiger partial charge < -0.3 is 15.5 Å². The number of hydrogen-bond acceptors (Lipinski definition) is 3. The largest absolute Gasteiger partial charge is 0.355 e. The Bertz CT molecular complexity index is 601. The third kappa shape index (κ3) is 3.52. The first-order valence-corrected chi connectivity index (χ1v) is 6.85. The third-order valence-corrected chi connectivity index (χ3v) is 3.46. The number of nitrogens with zero attached hydrogens (tertiary/aromatic N) is 1. The maximum atomic E-state index is 12.1. The van der Waals surface area contributed by atoms with Gasteiger partial charge in [-0.25, -0.2) is 0 Å². The molecule has 0 radical (unpaired) electrons. The minimum atomic E-state index is -0.432. The molecule has 112 valence electrons.